The highest BCUT2D eigenvalue weighted by atomic mass is 32.2. The molecule has 0 atom stereocenters. The van der Waals surface area contributed by atoms with E-state index in [1.807, 2.05) is 12.1 Å². The lowest BCUT2D eigenvalue weighted by Gasteiger charge is -2.07. The predicted octanol–water partition coefficient (Wildman–Crippen LogP) is 4.42. The minimum atomic E-state index is -3.47. The number of aromatic nitrogens is 1. The van der Waals surface area contributed by atoms with Crippen LogP contribution in [-0.4, -0.2) is 38.1 Å². The van der Waals surface area contributed by atoms with E-state index >= 15 is 0 Å². The van der Waals surface area contributed by atoms with Gasteiger partial charge in [0.2, 0.25) is 5.91 Å². The Morgan fingerprint density at radius 1 is 1.06 bits per heavy atom. The lowest BCUT2D eigenvalue weighted by Crippen LogP contribution is -2.17. The van der Waals surface area contributed by atoms with Gasteiger partial charge in [0, 0.05) is 17.7 Å². The van der Waals surface area contributed by atoms with Crippen molar-refractivity contribution in [3.63, 3.8) is 0 Å². The first-order valence-corrected chi connectivity index (χ1v) is 13.1. The predicted molar refractivity (Wildman–Crippen MR) is 130 cm³/mol. The monoisotopic (exact) mass is 501 g/mol. The van der Waals surface area contributed by atoms with Gasteiger partial charge in [-0.25, -0.2) is 13.4 Å². The van der Waals surface area contributed by atoms with Crippen molar-refractivity contribution >= 4 is 65.4 Å². The van der Waals surface area contributed by atoms with Crippen molar-refractivity contribution in [2.24, 2.45) is 0 Å². The molecule has 8 nitrogen and oxygen atoms in total. The Morgan fingerprint density at radius 2 is 1.85 bits per heavy atom. The molecule has 0 saturated heterocycles. The SMILES string of the molecule is COc1ccc2nc(NC(=O)c3ccc(NC(=O)CCS(=O)(=O)c4cccs4)cc3)sc2c1. The first kappa shape index (κ1) is 22.9. The molecule has 0 bridgehead atoms. The number of ether oxygens (including phenoxy) is 1. The molecular weight excluding hydrogens is 482 g/mol. The van der Waals surface area contributed by atoms with Crippen molar-refractivity contribution in [3.05, 3.63) is 65.5 Å². The number of methoxy groups -OCH3 is 1. The number of nitrogens with one attached hydrogen (secondary N) is 2. The standard InChI is InChI=1S/C22H19N3O5S3/c1-30-16-8-9-17-18(13-16)32-22(24-17)25-21(27)14-4-6-15(7-5-14)23-19(26)10-12-33(28,29)20-3-2-11-31-20/h2-9,11,13H,10,12H2,1H3,(H,23,26)(H,24,25,27). The Hall–Kier alpha value is -3.28. The van der Waals surface area contributed by atoms with E-state index in [1.165, 1.54) is 17.4 Å². The summed E-state index contributed by atoms with van der Waals surface area (Å²) < 4.78 is 30.7. The normalized spacial score (nSPS) is 11.3. The summed E-state index contributed by atoms with van der Waals surface area (Å²) in [6.07, 6.45) is -0.162. The molecule has 2 aromatic heterocycles. The van der Waals surface area contributed by atoms with E-state index in [0.717, 1.165) is 21.6 Å². The third kappa shape index (κ3) is 5.56. The number of thiazole rings is 1. The molecule has 2 amide bonds. The molecule has 11 heteroatoms. The number of amides is 2. The fourth-order valence-electron chi connectivity index (χ4n) is 2.95. The second-order valence-corrected chi connectivity index (χ2v) is 11.2. The van der Waals surface area contributed by atoms with Crippen LogP contribution in [0, 0.1) is 0 Å². The molecule has 4 rings (SSSR count). The smallest absolute Gasteiger partial charge is 0.257 e. The fraction of sp³-hybridized carbons (Fsp3) is 0.136. The third-order valence-electron chi connectivity index (χ3n) is 4.65. The molecule has 0 spiro atoms. The molecule has 2 aromatic carbocycles. The van der Waals surface area contributed by atoms with Crippen LogP contribution in [0.15, 0.2) is 64.2 Å². The zero-order valence-corrected chi connectivity index (χ0v) is 19.9. The van der Waals surface area contributed by atoms with Gasteiger partial charge in [-0.15, -0.1) is 11.3 Å². The number of rotatable bonds is 8. The summed E-state index contributed by atoms with van der Waals surface area (Å²) in [5, 5.41) is 7.57. The summed E-state index contributed by atoms with van der Waals surface area (Å²) in [4.78, 5) is 29.1. The van der Waals surface area contributed by atoms with E-state index in [9.17, 15) is 18.0 Å². The summed E-state index contributed by atoms with van der Waals surface area (Å²) in [6, 6.07) is 15.0. The van der Waals surface area contributed by atoms with E-state index in [0.29, 0.717) is 22.1 Å². The Kier molecular flexibility index (Phi) is 6.72. The molecule has 2 heterocycles. The molecule has 0 saturated carbocycles. The number of fused-ring (bicyclic) bond motifs is 1. The van der Waals surface area contributed by atoms with Crippen molar-refractivity contribution in [1.29, 1.82) is 0 Å². The molecule has 2 N–H and O–H groups in total. The number of thiophene rings is 1. The van der Waals surface area contributed by atoms with Gasteiger partial charge in [0.1, 0.15) is 9.96 Å². The highest BCUT2D eigenvalue weighted by Gasteiger charge is 2.17. The number of benzene rings is 2. The van der Waals surface area contributed by atoms with Crippen LogP contribution in [0.1, 0.15) is 16.8 Å². The molecule has 4 aromatic rings. The molecule has 0 unspecified atom stereocenters. The maximum absolute atomic E-state index is 12.6. The van der Waals surface area contributed by atoms with Gasteiger partial charge in [0.15, 0.2) is 15.0 Å². The van der Waals surface area contributed by atoms with Gasteiger partial charge in [-0.2, -0.15) is 0 Å². The second-order valence-electron chi connectivity index (χ2n) is 6.93. The van der Waals surface area contributed by atoms with Crippen molar-refractivity contribution in [2.75, 3.05) is 23.5 Å². The third-order valence-corrected chi connectivity index (χ3v) is 8.78. The number of anilines is 2. The first-order chi connectivity index (χ1) is 15.8. The van der Waals surface area contributed by atoms with Crippen LogP contribution in [0.25, 0.3) is 10.2 Å². The van der Waals surface area contributed by atoms with Gasteiger partial charge in [-0.1, -0.05) is 17.4 Å². The van der Waals surface area contributed by atoms with Gasteiger partial charge in [-0.05, 0) is 53.9 Å². The number of hydrogen-bond donors (Lipinski definition) is 2. The highest BCUT2D eigenvalue weighted by molar-refractivity contribution is 7.93. The van der Waals surface area contributed by atoms with E-state index in [2.05, 4.69) is 15.6 Å². The van der Waals surface area contributed by atoms with E-state index in [4.69, 9.17) is 4.74 Å². The summed E-state index contributed by atoms with van der Waals surface area (Å²) in [7, 11) is -1.89. The number of nitrogens with zero attached hydrogens (tertiary/aromatic N) is 1. The van der Waals surface area contributed by atoms with Gasteiger partial charge >= 0.3 is 0 Å². The number of carbonyl (C=O) groups is 2. The van der Waals surface area contributed by atoms with E-state index in [-0.39, 0.29) is 22.3 Å². The quantitative estimate of drug-likeness (QED) is 0.369. The molecule has 0 aliphatic heterocycles. The molecule has 33 heavy (non-hydrogen) atoms. The van der Waals surface area contributed by atoms with Crippen LogP contribution >= 0.6 is 22.7 Å². The largest absolute Gasteiger partial charge is 0.497 e. The van der Waals surface area contributed by atoms with Crippen LogP contribution in [0.5, 0.6) is 5.75 Å². The van der Waals surface area contributed by atoms with Crippen LogP contribution in [-0.2, 0) is 14.6 Å². The van der Waals surface area contributed by atoms with Gasteiger partial charge in [0.25, 0.3) is 5.91 Å². The number of carbonyl (C=O) groups excluding carboxylic acids is 2. The Morgan fingerprint density at radius 3 is 2.55 bits per heavy atom. The highest BCUT2D eigenvalue weighted by Crippen LogP contribution is 2.29. The molecule has 0 fully saturated rings. The van der Waals surface area contributed by atoms with Gasteiger partial charge in [0.05, 0.1) is 23.1 Å². The molecule has 170 valence electrons. The van der Waals surface area contributed by atoms with Crippen LogP contribution in [0.2, 0.25) is 0 Å². The van der Waals surface area contributed by atoms with Gasteiger partial charge in [-0.3, -0.25) is 14.9 Å². The van der Waals surface area contributed by atoms with Crippen molar-refractivity contribution in [2.45, 2.75) is 10.6 Å². The lowest BCUT2D eigenvalue weighted by atomic mass is 10.2. The minimum absolute atomic E-state index is 0.162. The summed E-state index contributed by atoms with van der Waals surface area (Å²) >= 11 is 2.47. The summed E-state index contributed by atoms with van der Waals surface area (Å²) in [5.41, 5.74) is 1.62. The zero-order chi connectivity index (χ0) is 23.4. The molecular formula is C22H19N3O5S3. The first-order valence-electron chi connectivity index (χ1n) is 9.76. The van der Waals surface area contributed by atoms with Gasteiger partial charge < -0.3 is 10.1 Å². The van der Waals surface area contributed by atoms with Crippen LogP contribution < -0.4 is 15.4 Å². The summed E-state index contributed by atoms with van der Waals surface area (Å²) in [6.45, 7) is 0. The van der Waals surface area contributed by atoms with Crippen LogP contribution in [0.4, 0.5) is 10.8 Å². The second kappa shape index (κ2) is 9.69. The summed E-state index contributed by atoms with van der Waals surface area (Å²) in [5.74, 6) is -0.308. The number of sulfone groups is 1. The maximum atomic E-state index is 12.6. The number of hydrogen-bond acceptors (Lipinski definition) is 8. The molecule has 0 aliphatic rings. The minimum Gasteiger partial charge on any atom is -0.497 e. The Labute approximate surface area is 198 Å². The maximum Gasteiger partial charge on any atom is 0.257 e. The average molecular weight is 502 g/mol. The van der Waals surface area contributed by atoms with Crippen LogP contribution in [0.3, 0.4) is 0 Å². The Balaban J connectivity index is 1.33. The molecule has 0 radical (unpaired) electrons. The zero-order valence-electron chi connectivity index (χ0n) is 17.4. The Bertz CT molecular complexity index is 1400. The fourth-order valence-corrected chi connectivity index (χ4v) is 6.23. The lowest BCUT2D eigenvalue weighted by molar-refractivity contribution is -0.115. The molecule has 0 aliphatic carbocycles. The topological polar surface area (TPSA) is 114 Å². The van der Waals surface area contributed by atoms with Crippen molar-refractivity contribution in [1.82, 2.24) is 4.98 Å². The van der Waals surface area contributed by atoms with Crippen molar-refractivity contribution < 1.29 is 22.7 Å². The van der Waals surface area contributed by atoms with E-state index in [1.54, 1.807) is 48.9 Å². The van der Waals surface area contributed by atoms with Crippen molar-refractivity contribution in [3.8, 4) is 5.75 Å². The van der Waals surface area contributed by atoms with E-state index < -0.39 is 15.7 Å². The average Bonchev–Trinajstić information content (AvgIpc) is 3.48.